The van der Waals surface area contributed by atoms with Gasteiger partial charge in [-0.3, -0.25) is 4.90 Å². The molecule has 0 spiro atoms. The third kappa shape index (κ3) is 3.72. The Morgan fingerprint density at radius 2 is 1.75 bits per heavy atom. The highest BCUT2D eigenvalue weighted by Gasteiger charge is 2.17. The minimum Gasteiger partial charge on any atom is -0.444 e. The van der Waals surface area contributed by atoms with Crippen LogP contribution >= 0.6 is 22.6 Å². The minimum absolute atomic E-state index is 0.291. The number of ether oxygens (including phenoxy) is 1. The van der Waals surface area contributed by atoms with Crippen LogP contribution in [0.1, 0.15) is 12.5 Å². The summed E-state index contributed by atoms with van der Waals surface area (Å²) < 4.78 is 6.41. The predicted molar refractivity (Wildman–Crippen MR) is 88.8 cm³/mol. The van der Waals surface area contributed by atoms with E-state index >= 15 is 0 Å². The van der Waals surface area contributed by atoms with Crippen molar-refractivity contribution in [2.24, 2.45) is 0 Å². The van der Waals surface area contributed by atoms with E-state index in [1.54, 1.807) is 4.90 Å². The molecule has 0 fully saturated rings. The fraction of sp³-hybridized carbons (Fsp3) is 0.188. The van der Waals surface area contributed by atoms with Gasteiger partial charge in [-0.05, 0) is 47.2 Å². The summed E-state index contributed by atoms with van der Waals surface area (Å²) in [5, 5.41) is 0. The predicted octanol–water partition coefficient (Wildman–Crippen LogP) is 4.45. The van der Waals surface area contributed by atoms with Crippen molar-refractivity contribution >= 4 is 34.4 Å². The number of rotatable bonds is 4. The SMILES string of the molecule is CCN(C(=O)OCc1ccccc1)c1ccccc1I. The van der Waals surface area contributed by atoms with E-state index in [1.807, 2.05) is 61.5 Å². The van der Waals surface area contributed by atoms with Crippen molar-refractivity contribution in [1.82, 2.24) is 0 Å². The molecule has 0 saturated carbocycles. The number of nitrogens with zero attached hydrogens (tertiary/aromatic N) is 1. The molecular formula is C16H16INO2. The Labute approximate surface area is 132 Å². The molecule has 2 rings (SSSR count). The van der Waals surface area contributed by atoms with Gasteiger partial charge in [0.2, 0.25) is 0 Å². The van der Waals surface area contributed by atoms with Crippen LogP contribution in [0.2, 0.25) is 0 Å². The van der Waals surface area contributed by atoms with Crippen molar-refractivity contribution in [3.63, 3.8) is 0 Å². The number of carbonyl (C=O) groups excluding carboxylic acids is 1. The molecule has 0 unspecified atom stereocenters. The number of benzene rings is 2. The van der Waals surface area contributed by atoms with Crippen molar-refractivity contribution < 1.29 is 9.53 Å². The first kappa shape index (κ1) is 14.8. The van der Waals surface area contributed by atoms with Crippen molar-refractivity contribution in [1.29, 1.82) is 0 Å². The van der Waals surface area contributed by atoms with Crippen molar-refractivity contribution in [2.75, 3.05) is 11.4 Å². The third-order valence-electron chi connectivity index (χ3n) is 2.88. The summed E-state index contributed by atoms with van der Waals surface area (Å²) in [4.78, 5) is 13.8. The third-order valence-corrected chi connectivity index (χ3v) is 3.80. The monoisotopic (exact) mass is 381 g/mol. The first-order valence-corrected chi connectivity index (χ1v) is 7.53. The van der Waals surface area contributed by atoms with Crippen LogP contribution in [0.4, 0.5) is 10.5 Å². The number of para-hydroxylation sites is 1. The molecule has 0 atom stereocenters. The summed E-state index contributed by atoms with van der Waals surface area (Å²) in [6, 6.07) is 17.5. The van der Waals surface area contributed by atoms with Gasteiger partial charge < -0.3 is 4.74 Å². The highest BCUT2D eigenvalue weighted by molar-refractivity contribution is 14.1. The summed E-state index contributed by atoms with van der Waals surface area (Å²) >= 11 is 2.22. The van der Waals surface area contributed by atoms with Crippen LogP contribution in [0.25, 0.3) is 0 Å². The maximum absolute atomic E-state index is 12.2. The van der Waals surface area contributed by atoms with Gasteiger partial charge in [0.05, 0.1) is 5.69 Å². The Bertz CT molecular complexity index is 572. The summed E-state index contributed by atoms with van der Waals surface area (Å²) in [5.41, 5.74) is 1.87. The van der Waals surface area contributed by atoms with Gasteiger partial charge >= 0.3 is 6.09 Å². The lowest BCUT2D eigenvalue weighted by Crippen LogP contribution is -2.31. The fourth-order valence-corrected chi connectivity index (χ4v) is 2.54. The Morgan fingerprint density at radius 1 is 1.10 bits per heavy atom. The average molecular weight is 381 g/mol. The van der Waals surface area contributed by atoms with E-state index in [4.69, 9.17) is 4.74 Å². The lowest BCUT2D eigenvalue weighted by molar-refractivity contribution is 0.147. The van der Waals surface area contributed by atoms with Crippen LogP contribution in [0.15, 0.2) is 54.6 Å². The van der Waals surface area contributed by atoms with E-state index in [0.29, 0.717) is 13.2 Å². The smallest absolute Gasteiger partial charge is 0.414 e. The van der Waals surface area contributed by atoms with E-state index in [9.17, 15) is 4.79 Å². The lowest BCUT2D eigenvalue weighted by Gasteiger charge is -2.21. The number of anilines is 1. The van der Waals surface area contributed by atoms with Gasteiger partial charge in [-0.25, -0.2) is 4.79 Å². The van der Waals surface area contributed by atoms with Crippen LogP contribution in [-0.2, 0) is 11.3 Å². The molecule has 0 aliphatic rings. The second-order valence-electron chi connectivity index (χ2n) is 4.24. The van der Waals surface area contributed by atoms with Crippen LogP contribution in [0.3, 0.4) is 0 Å². The van der Waals surface area contributed by atoms with Gasteiger partial charge in [-0.2, -0.15) is 0 Å². The molecule has 4 heteroatoms. The summed E-state index contributed by atoms with van der Waals surface area (Å²) in [6.45, 7) is 2.81. The Morgan fingerprint density at radius 3 is 2.40 bits per heavy atom. The molecule has 2 aromatic rings. The molecule has 0 aliphatic carbocycles. The molecule has 0 aromatic heterocycles. The number of hydrogen-bond acceptors (Lipinski definition) is 2. The number of carbonyl (C=O) groups is 1. The fourth-order valence-electron chi connectivity index (χ4n) is 1.87. The molecule has 2 aromatic carbocycles. The molecule has 0 radical (unpaired) electrons. The molecule has 0 bridgehead atoms. The van der Waals surface area contributed by atoms with Crippen molar-refractivity contribution in [2.45, 2.75) is 13.5 Å². The van der Waals surface area contributed by atoms with E-state index < -0.39 is 0 Å². The molecular weight excluding hydrogens is 365 g/mol. The average Bonchev–Trinajstić information content (AvgIpc) is 2.49. The van der Waals surface area contributed by atoms with Gasteiger partial charge in [-0.15, -0.1) is 0 Å². The van der Waals surface area contributed by atoms with Gasteiger partial charge in [0.1, 0.15) is 6.61 Å². The maximum atomic E-state index is 12.2. The summed E-state index contributed by atoms with van der Waals surface area (Å²) in [7, 11) is 0. The van der Waals surface area contributed by atoms with E-state index in [0.717, 1.165) is 14.8 Å². The van der Waals surface area contributed by atoms with E-state index in [1.165, 1.54) is 0 Å². The van der Waals surface area contributed by atoms with Crippen molar-refractivity contribution in [3.8, 4) is 0 Å². The van der Waals surface area contributed by atoms with Crippen molar-refractivity contribution in [3.05, 3.63) is 63.7 Å². The molecule has 20 heavy (non-hydrogen) atoms. The van der Waals surface area contributed by atoms with Crippen LogP contribution in [-0.4, -0.2) is 12.6 Å². The Kier molecular flexibility index (Phi) is 5.40. The first-order chi connectivity index (χ1) is 9.72. The number of hydrogen-bond donors (Lipinski definition) is 0. The first-order valence-electron chi connectivity index (χ1n) is 6.45. The lowest BCUT2D eigenvalue weighted by atomic mass is 10.2. The zero-order valence-electron chi connectivity index (χ0n) is 11.3. The largest absolute Gasteiger partial charge is 0.444 e. The van der Waals surface area contributed by atoms with Gasteiger partial charge in [-0.1, -0.05) is 42.5 Å². The molecule has 0 heterocycles. The number of halogens is 1. The molecule has 0 saturated heterocycles. The molecule has 3 nitrogen and oxygen atoms in total. The standard InChI is InChI=1S/C16H16INO2/c1-2-18(15-11-7-6-10-14(15)17)16(19)20-12-13-8-4-3-5-9-13/h3-11H,2,12H2,1H3. The number of amides is 1. The molecule has 0 aliphatic heterocycles. The van der Waals surface area contributed by atoms with Gasteiger partial charge in [0.15, 0.2) is 0 Å². The highest BCUT2D eigenvalue weighted by Crippen LogP contribution is 2.22. The molecule has 104 valence electrons. The molecule has 0 N–H and O–H groups in total. The topological polar surface area (TPSA) is 29.5 Å². The van der Waals surface area contributed by atoms with Crippen LogP contribution in [0, 0.1) is 3.57 Å². The summed E-state index contributed by atoms with van der Waals surface area (Å²) in [5.74, 6) is 0. The van der Waals surface area contributed by atoms with Gasteiger partial charge in [0.25, 0.3) is 0 Å². The highest BCUT2D eigenvalue weighted by atomic mass is 127. The molecule has 1 amide bonds. The van der Waals surface area contributed by atoms with Crippen LogP contribution in [0.5, 0.6) is 0 Å². The summed E-state index contributed by atoms with van der Waals surface area (Å²) in [6.07, 6.45) is -0.319. The zero-order valence-corrected chi connectivity index (χ0v) is 13.4. The minimum atomic E-state index is -0.319. The van der Waals surface area contributed by atoms with E-state index in [2.05, 4.69) is 22.6 Å². The van der Waals surface area contributed by atoms with Crippen LogP contribution < -0.4 is 4.90 Å². The Balaban J connectivity index is 2.05. The van der Waals surface area contributed by atoms with Gasteiger partial charge in [0, 0.05) is 10.1 Å². The van der Waals surface area contributed by atoms with E-state index in [-0.39, 0.29) is 6.09 Å². The normalized spacial score (nSPS) is 10.1. The Hall–Kier alpha value is -1.56. The second kappa shape index (κ2) is 7.28. The second-order valence-corrected chi connectivity index (χ2v) is 5.40. The quantitative estimate of drug-likeness (QED) is 0.733. The zero-order chi connectivity index (χ0) is 14.4. The maximum Gasteiger partial charge on any atom is 0.414 e.